The first-order valence-electron chi connectivity index (χ1n) is 6.41. The lowest BCUT2D eigenvalue weighted by atomic mass is 9.98. The van der Waals surface area contributed by atoms with Gasteiger partial charge in [0.1, 0.15) is 0 Å². The van der Waals surface area contributed by atoms with Crippen LogP contribution in [-0.2, 0) is 0 Å². The molecule has 18 heavy (non-hydrogen) atoms. The lowest BCUT2D eigenvalue weighted by molar-refractivity contribution is 0.267. The molecule has 5 nitrogen and oxygen atoms in total. The van der Waals surface area contributed by atoms with Crippen molar-refractivity contribution in [3.8, 4) is 0 Å². The van der Waals surface area contributed by atoms with Crippen LogP contribution in [0, 0.1) is 0 Å². The summed E-state index contributed by atoms with van der Waals surface area (Å²) in [4.78, 5) is 6.83. The summed E-state index contributed by atoms with van der Waals surface area (Å²) in [5.41, 5.74) is 1.09. The van der Waals surface area contributed by atoms with Crippen LogP contribution in [0.5, 0.6) is 0 Å². The summed E-state index contributed by atoms with van der Waals surface area (Å²) in [6.45, 7) is 9.27. The van der Waals surface area contributed by atoms with Gasteiger partial charge in [-0.1, -0.05) is 13.0 Å². The Labute approximate surface area is 107 Å². The normalized spacial score (nSPS) is 23.1. The van der Waals surface area contributed by atoms with Crippen LogP contribution in [0.15, 0.2) is 15.6 Å². The maximum Gasteiger partial charge on any atom is 0.298 e. The molecule has 0 aromatic carbocycles. The standard InChI is InChI=1S/C13H18N4O/c1-10-4-3-5-11-12(10)15-13(18-11)16-6-8-17(14-2)9-7-16/h3,5,10H,2,4,6-9H2,1H3. The highest BCUT2D eigenvalue weighted by Crippen LogP contribution is 2.32. The molecule has 0 saturated carbocycles. The first-order valence-corrected chi connectivity index (χ1v) is 6.41. The number of piperazine rings is 1. The first-order chi connectivity index (χ1) is 8.78. The van der Waals surface area contributed by atoms with Gasteiger partial charge >= 0.3 is 0 Å². The third-order valence-electron chi connectivity index (χ3n) is 3.62. The molecule has 0 radical (unpaired) electrons. The number of aromatic nitrogens is 1. The van der Waals surface area contributed by atoms with E-state index in [4.69, 9.17) is 4.42 Å². The first kappa shape index (κ1) is 11.3. The summed E-state index contributed by atoms with van der Waals surface area (Å²) < 4.78 is 5.85. The van der Waals surface area contributed by atoms with Gasteiger partial charge in [0.2, 0.25) is 0 Å². The van der Waals surface area contributed by atoms with Crippen LogP contribution in [0.1, 0.15) is 30.7 Å². The third-order valence-corrected chi connectivity index (χ3v) is 3.62. The highest BCUT2D eigenvalue weighted by atomic mass is 16.4. The molecule has 96 valence electrons. The lowest BCUT2D eigenvalue weighted by Gasteiger charge is -2.31. The van der Waals surface area contributed by atoms with Crippen LogP contribution in [0.2, 0.25) is 0 Å². The Balaban J connectivity index is 1.78. The van der Waals surface area contributed by atoms with Crippen molar-refractivity contribution < 1.29 is 4.42 Å². The Morgan fingerprint density at radius 1 is 1.39 bits per heavy atom. The molecule has 0 spiro atoms. The summed E-state index contributed by atoms with van der Waals surface area (Å²) >= 11 is 0. The van der Waals surface area contributed by atoms with E-state index in [1.165, 1.54) is 0 Å². The van der Waals surface area contributed by atoms with Gasteiger partial charge < -0.3 is 9.32 Å². The molecule has 2 aliphatic rings. The van der Waals surface area contributed by atoms with Gasteiger partial charge in [-0.25, -0.2) is 0 Å². The lowest BCUT2D eigenvalue weighted by Crippen LogP contribution is -2.44. The van der Waals surface area contributed by atoms with Crippen molar-refractivity contribution in [2.75, 3.05) is 31.1 Å². The van der Waals surface area contributed by atoms with Crippen LogP contribution in [0.4, 0.5) is 6.01 Å². The number of nitrogens with zero attached hydrogens (tertiary/aromatic N) is 4. The van der Waals surface area contributed by atoms with Crippen molar-refractivity contribution in [2.24, 2.45) is 5.10 Å². The van der Waals surface area contributed by atoms with E-state index in [1.807, 2.05) is 11.1 Å². The van der Waals surface area contributed by atoms with Crippen molar-refractivity contribution in [3.05, 3.63) is 17.5 Å². The van der Waals surface area contributed by atoms with Gasteiger partial charge in [0.05, 0.1) is 18.8 Å². The van der Waals surface area contributed by atoms with Crippen LogP contribution < -0.4 is 4.90 Å². The molecule has 1 atom stereocenters. The number of oxazole rings is 1. The van der Waals surface area contributed by atoms with Gasteiger partial charge in [-0.3, -0.25) is 5.01 Å². The van der Waals surface area contributed by atoms with E-state index in [0.29, 0.717) is 5.92 Å². The van der Waals surface area contributed by atoms with Gasteiger partial charge in [0.15, 0.2) is 5.76 Å². The summed E-state index contributed by atoms with van der Waals surface area (Å²) in [5, 5.41) is 5.92. The Hall–Kier alpha value is -1.78. The maximum atomic E-state index is 5.85. The number of allylic oxidation sites excluding steroid dienone is 1. The van der Waals surface area contributed by atoms with Crippen molar-refractivity contribution in [1.29, 1.82) is 0 Å². The highest BCUT2D eigenvalue weighted by Gasteiger charge is 2.24. The van der Waals surface area contributed by atoms with E-state index in [0.717, 1.165) is 50.1 Å². The molecule has 0 N–H and O–H groups in total. The van der Waals surface area contributed by atoms with Crippen molar-refractivity contribution in [3.63, 3.8) is 0 Å². The average Bonchev–Trinajstić information content (AvgIpc) is 2.84. The number of fused-ring (bicyclic) bond motifs is 1. The smallest absolute Gasteiger partial charge is 0.298 e. The largest absolute Gasteiger partial charge is 0.424 e. The zero-order valence-corrected chi connectivity index (χ0v) is 10.7. The molecule has 3 rings (SSSR count). The second kappa shape index (κ2) is 4.48. The number of anilines is 1. The van der Waals surface area contributed by atoms with Gasteiger partial charge in [0, 0.05) is 25.7 Å². The van der Waals surface area contributed by atoms with E-state index < -0.39 is 0 Å². The molecule has 0 bridgehead atoms. The molecule has 2 heterocycles. The van der Waals surface area contributed by atoms with Crippen LogP contribution in [0.3, 0.4) is 0 Å². The Morgan fingerprint density at radius 2 is 2.17 bits per heavy atom. The summed E-state index contributed by atoms with van der Waals surface area (Å²) in [6, 6.07) is 0.752. The van der Waals surface area contributed by atoms with Crippen molar-refractivity contribution in [1.82, 2.24) is 9.99 Å². The number of rotatable bonds is 2. The summed E-state index contributed by atoms with van der Waals surface area (Å²) in [5.74, 6) is 1.38. The minimum atomic E-state index is 0.457. The highest BCUT2D eigenvalue weighted by molar-refractivity contribution is 5.52. The van der Waals surface area contributed by atoms with E-state index in [9.17, 15) is 0 Å². The van der Waals surface area contributed by atoms with Gasteiger partial charge in [-0.2, -0.15) is 10.1 Å². The second-order valence-corrected chi connectivity index (χ2v) is 4.87. The van der Waals surface area contributed by atoms with Gasteiger partial charge in [-0.05, 0) is 12.5 Å². The minimum absolute atomic E-state index is 0.457. The molecule has 1 saturated heterocycles. The van der Waals surface area contributed by atoms with E-state index in [-0.39, 0.29) is 0 Å². The van der Waals surface area contributed by atoms with E-state index >= 15 is 0 Å². The summed E-state index contributed by atoms with van der Waals surface area (Å²) in [7, 11) is 0. The minimum Gasteiger partial charge on any atom is -0.424 e. The third kappa shape index (κ3) is 1.89. The molecular formula is C13H18N4O. The predicted octanol–water partition coefficient (Wildman–Crippen LogP) is 1.93. The molecule has 1 aromatic heterocycles. The molecule has 1 aliphatic heterocycles. The molecule has 5 heteroatoms. The Kier molecular flexibility index (Phi) is 2.81. The van der Waals surface area contributed by atoms with Gasteiger partial charge in [0.25, 0.3) is 6.01 Å². The number of hydrogen-bond donors (Lipinski definition) is 0. The number of hydrazone groups is 1. The number of hydrogen-bond acceptors (Lipinski definition) is 5. The molecular weight excluding hydrogens is 228 g/mol. The molecule has 1 aliphatic carbocycles. The quantitative estimate of drug-likeness (QED) is 0.748. The average molecular weight is 246 g/mol. The predicted molar refractivity (Wildman–Crippen MR) is 71.9 cm³/mol. The van der Waals surface area contributed by atoms with Crippen LogP contribution in [-0.4, -0.2) is 42.9 Å². The van der Waals surface area contributed by atoms with Crippen molar-refractivity contribution >= 4 is 18.8 Å². The fourth-order valence-electron chi connectivity index (χ4n) is 2.46. The van der Waals surface area contributed by atoms with Crippen LogP contribution >= 0.6 is 0 Å². The van der Waals surface area contributed by atoms with E-state index in [1.54, 1.807) is 0 Å². The molecule has 1 unspecified atom stereocenters. The van der Waals surface area contributed by atoms with Crippen molar-refractivity contribution in [2.45, 2.75) is 19.3 Å². The monoisotopic (exact) mass is 246 g/mol. The maximum absolute atomic E-state index is 5.85. The zero-order valence-electron chi connectivity index (χ0n) is 10.7. The fourth-order valence-corrected chi connectivity index (χ4v) is 2.46. The van der Waals surface area contributed by atoms with Crippen LogP contribution in [0.25, 0.3) is 6.08 Å². The van der Waals surface area contributed by atoms with Gasteiger partial charge in [-0.15, -0.1) is 0 Å². The van der Waals surface area contributed by atoms with E-state index in [2.05, 4.69) is 34.7 Å². The fraction of sp³-hybridized carbons (Fsp3) is 0.538. The Morgan fingerprint density at radius 3 is 2.83 bits per heavy atom. The molecule has 1 aromatic rings. The zero-order chi connectivity index (χ0) is 12.5. The summed E-state index contributed by atoms with van der Waals surface area (Å²) in [6.07, 6.45) is 5.24. The molecule has 1 fully saturated rings. The SMILES string of the molecule is C=NN1CCN(c2nc3c(o2)C=CCC3C)CC1. The second-order valence-electron chi connectivity index (χ2n) is 4.87. The topological polar surface area (TPSA) is 44.9 Å². The Bertz CT molecular complexity index is 471. The molecule has 0 amide bonds.